The lowest BCUT2D eigenvalue weighted by atomic mass is 10.4. The van der Waals surface area contributed by atoms with E-state index in [2.05, 4.69) is 11.9 Å². The Morgan fingerprint density at radius 1 is 1.53 bits per heavy atom. The van der Waals surface area contributed by atoms with Crippen molar-refractivity contribution >= 4 is 28.1 Å². The van der Waals surface area contributed by atoms with Gasteiger partial charge in [0.2, 0.25) is 0 Å². The molecule has 0 saturated carbocycles. The average Bonchev–Trinajstić information content (AvgIpc) is 2.67. The largest absolute Gasteiger partial charge is 0.269 e. The van der Waals surface area contributed by atoms with Crippen LogP contribution >= 0.6 is 23.1 Å². The second-order valence-electron chi connectivity index (χ2n) is 3.99. The van der Waals surface area contributed by atoms with Crippen LogP contribution in [-0.4, -0.2) is 15.1 Å². The molecule has 17 heavy (non-hydrogen) atoms. The zero-order chi connectivity index (χ0) is 12.3. The number of hydrogen-bond acceptors (Lipinski definition) is 4. The summed E-state index contributed by atoms with van der Waals surface area (Å²) in [6.45, 7) is 4.12. The van der Waals surface area contributed by atoms with Crippen LogP contribution in [0.2, 0.25) is 0 Å². The van der Waals surface area contributed by atoms with Crippen molar-refractivity contribution in [2.24, 2.45) is 0 Å². The molecule has 0 bridgehead atoms. The van der Waals surface area contributed by atoms with E-state index in [1.807, 2.05) is 24.1 Å². The standard InChI is InChI=1S/C12H16N2OS2/c1-3-4-5-16-8-10-6-11(15)14-9(2)7-17-12(14)13-10/h6-7H,3-5,8H2,1-2H3. The van der Waals surface area contributed by atoms with E-state index in [0.29, 0.717) is 0 Å². The first-order valence-corrected chi connectivity index (χ1v) is 7.80. The molecule has 0 aliphatic carbocycles. The highest BCUT2D eigenvalue weighted by atomic mass is 32.2. The van der Waals surface area contributed by atoms with Gasteiger partial charge in [0.25, 0.3) is 5.56 Å². The molecule has 2 heterocycles. The second kappa shape index (κ2) is 5.69. The van der Waals surface area contributed by atoms with Gasteiger partial charge in [-0.2, -0.15) is 11.8 Å². The normalized spacial score (nSPS) is 11.2. The molecule has 0 amide bonds. The fraction of sp³-hybridized carbons (Fsp3) is 0.500. The highest BCUT2D eigenvalue weighted by Gasteiger charge is 2.06. The molecule has 0 spiro atoms. The minimum Gasteiger partial charge on any atom is -0.269 e. The van der Waals surface area contributed by atoms with E-state index >= 15 is 0 Å². The third kappa shape index (κ3) is 2.90. The first-order valence-electron chi connectivity index (χ1n) is 5.77. The quantitative estimate of drug-likeness (QED) is 0.781. The molecule has 3 nitrogen and oxygen atoms in total. The van der Waals surface area contributed by atoms with Crippen LogP contribution in [0, 0.1) is 6.92 Å². The summed E-state index contributed by atoms with van der Waals surface area (Å²) in [5, 5.41) is 1.97. The summed E-state index contributed by atoms with van der Waals surface area (Å²) in [6, 6.07) is 1.66. The molecule has 0 aromatic carbocycles. The fourth-order valence-corrected chi connectivity index (χ4v) is 3.48. The van der Waals surface area contributed by atoms with Crippen molar-refractivity contribution in [3.05, 3.63) is 33.2 Å². The Bertz CT molecular complexity index is 559. The number of thiazole rings is 1. The van der Waals surface area contributed by atoms with Crippen molar-refractivity contribution in [2.45, 2.75) is 32.4 Å². The molecule has 92 valence electrons. The monoisotopic (exact) mass is 268 g/mol. The number of thioether (sulfide) groups is 1. The number of unbranched alkanes of at least 4 members (excludes halogenated alkanes) is 1. The second-order valence-corrected chi connectivity index (χ2v) is 5.93. The van der Waals surface area contributed by atoms with E-state index in [0.717, 1.165) is 27.9 Å². The van der Waals surface area contributed by atoms with Crippen LogP contribution in [0.1, 0.15) is 31.2 Å². The van der Waals surface area contributed by atoms with Gasteiger partial charge in [0.1, 0.15) is 0 Å². The van der Waals surface area contributed by atoms with Gasteiger partial charge in [-0.1, -0.05) is 13.3 Å². The molecule has 0 radical (unpaired) electrons. The molecule has 2 aromatic rings. The number of nitrogens with zero attached hydrogens (tertiary/aromatic N) is 2. The third-order valence-electron chi connectivity index (χ3n) is 2.52. The molecule has 0 fully saturated rings. The molecular formula is C12H16N2OS2. The van der Waals surface area contributed by atoms with Gasteiger partial charge in [-0.05, 0) is 19.1 Å². The fourth-order valence-electron chi connectivity index (χ4n) is 1.60. The van der Waals surface area contributed by atoms with E-state index in [1.165, 1.54) is 24.2 Å². The molecule has 0 unspecified atom stereocenters. The average molecular weight is 268 g/mol. The molecule has 2 aromatic heterocycles. The summed E-state index contributed by atoms with van der Waals surface area (Å²) in [6.07, 6.45) is 2.44. The Balaban J connectivity index is 2.17. The first-order chi connectivity index (χ1) is 8.22. The lowest BCUT2D eigenvalue weighted by Gasteiger charge is -2.01. The van der Waals surface area contributed by atoms with Crippen molar-refractivity contribution in [1.82, 2.24) is 9.38 Å². The summed E-state index contributed by atoms with van der Waals surface area (Å²) in [4.78, 5) is 17.2. The number of hydrogen-bond donors (Lipinski definition) is 0. The van der Waals surface area contributed by atoms with Crippen molar-refractivity contribution in [3.63, 3.8) is 0 Å². The van der Waals surface area contributed by atoms with Crippen LogP contribution in [-0.2, 0) is 5.75 Å². The smallest absolute Gasteiger partial charge is 0.258 e. The zero-order valence-electron chi connectivity index (χ0n) is 10.1. The summed E-state index contributed by atoms with van der Waals surface area (Å²) in [5.41, 5.74) is 1.91. The van der Waals surface area contributed by atoms with Crippen molar-refractivity contribution in [1.29, 1.82) is 0 Å². The summed E-state index contributed by atoms with van der Waals surface area (Å²) in [5.74, 6) is 1.98. The Morgan fingerprint density at radius 2 is 2.35 bits per heavy atom. The number of aryl methyl sites for hydroxylation is 1. The maximum absolute atomic E-state index is 11.9. The van der Waals surface area contributed by atoms with E-state index in [1.54, 1.807) is 10.5 Å². The van der Waals surface area contributed by atoms with Gasteiger partial charge in [0.05, 0.1) is 5.69 Å². The molecule has 0 aliphatic rings. The Kier molecular flexibility index (Phi) is 4.23. The Morgan fingerprint density at radius 3 is 3.12 bits per heavy atom. The lowest BCUT2D eigenvalue weighted by Crippen LogP contribution is -2.14. The Labute approximate surface area is 109 Å². The topological polar surface area (TPSA) is 34.4 Å². The van der Waals surface area contributed by atoms with Gasteiger partial charge in [0.15, 0.2) is 4.96 Å². The number of rotatable bonds is 5. The number of fused-ring (bicyclic) bond motifs is 1. The highest BCUT2D eigenvalue weighted by molar-refractivity contribution is 7.98. The first kappa shape index (κ1) is 12.6. The molecule has 0 atom stereocenters. The van der Waals surface area contributed by atoms with E-state index in [4.69, 9.17) is 0 Å². The summed E-state index contributed by atoms with van der Waals surface area (Å²) >= 11 is 3.38. The van der Waals surface area contributed by atoms with Crippen LogP contribution in [0.5, 0.6) is 0 Å². The van der Waals surface area contributed by atoms with Gasteiger partial charge >= 0.3 is 0 Å². The van der Waals surface area contributed by atoms with Crippen molar-refractivity contribution in [3.8, 4) is 0 Å². The van der Waals surface area contributed by atoms with Crippen LogP contribution in [0.15, 0.2) is 16.2 Å². The predicted octanol–water partition coefficient (Wildman–Crippen LogP) is 3.10. The van der Waals surface area contributed by atoms with Gasteiger partial charge in [-0.15, -0.1) is 11.3 Å². The third-order valence-corrected chi connectivity index (χ3v) is 4.54. The van der Waals surface area contributed by atoms with Gasteiger partial charge in [-0.3, -0.25) is 9.20 Å². The maximum Gasteiger partial charge on any atom is 0.258 e. The van der Waals surface area contributed by atoms with E-state index < -0.39 is 0 Å². The number of aromatic nitrogens is 2. The molecular weight excluding hydrogens is 252 g/mol. The zero-order valence-corrected chi connectivity index (χ0v) is 11.7. The minimum atomic E-state index is 0.0415. The van der Waals surface area contributed by atoms with E-state index in [9.17, 15) is 4.79 Å². The predicted molar refractivity (Wildman–Crippen MR) is 75.1 cm³/mol. The lowest BCUT2D eigenvalue weighted by molar-refractivity contribution is 0.895. The van der Waals surface area contributed by atoms with Crippen LogP contribution in [0.3, 0.4) is 0 Å². The van der Waals surface area contributed by atoms with Gasteiger partial charge < -0.3 is 0 Å². The molecule has 0 aliphatic heterocycles. The van der Waals surface area contributed by atoms with Crippen LogP contribution in [0.4, 0.5) is 0 Å². The molecule has 5 heteroatoms. The van der Waals surface area contributed by atoms with Gasteiger partial charge in [-0.25, -0.2) is 4.98 Å². The van der Waals surface area contributed by atoms with Crippen molar-refractivity contribution < 1.29 is 0 Å². The van der Waals surface area contributed by atoms with Crippen LogP contribution in [0.25, 0.3) is 4.96 Å². The summed E-state index contributed by atoms with van der Waals surface area (Å²) in [7, 11) is 0. The van der Waals surface area contributed by atoms with Crippen molar-refractivity contribution in [2.75, 3.05) is 5.75 Å². The summed E-state index contributed by atoms with van der Waals surface area (Å²) < 4.78 is 1.67. The highest BCUT2D eigenvalue weighted by Crippen LogP contribution is 2.15. The SMILES string of the molecule is CCCCSCc1cc(=O)n2c(C)csc2n1. The molecule has 0 saturated heterocycles. The van der Waals surface area contributed by atoms with Crippen LogP contribution < -0.4 is 5.56 Å². The molecule has 0 N–H and O–H groups in total. The minimum absolute atomic E-state index is 0.0415. The molecule has 2 rings (SSSR count). The van der Waals surface area contributed by atoms with Gasteiger partial charge in [0, 0.05) is 22.9 Å². The Hall–Kier alpha value is -0.810. The maximum atomic E-state index is 11.9. The van der Waals surface area contributed by atoms with E-state index in [-0.39, 0.29) is 5.56 Å².